The van der Waals surface area contributed by atoms with Gasteiger partial charge in [0, 0.05) is 21.8 Å². The molecule has 1 aromatic rings. The number of carbonyl (C=O) groups is 2. The summed E-state index contributed by atoms with van der Waals surface area (Å²) in [6.45, 7) is 9.04. The number of dihydropyridines is 1. The van der Waals surface area contributed by atoms with E-state index < -0.39 is 5.92 Å². The molecule has 1 aliphatic heterocycles. The third kappa shape index (κ3) is 5.40. The second-order valence-electron chi connectivity index (χ2n) is 7.65. The first kappa shape index (κ1) is 22.1. The number of nitrogens with zero attached hydrogens (tertiary/aromatic N) is 1. The summed E-state index contributed by atoms with van der Waals surface area (Å²) in [5.74, 6) is -0.548. The van der Waals surface area contributed by atoms with Crippen LogP contribution >= 0.6 is 23.4 Å². The molecule has 2 N–H and O–H groups in total. The Labute approximate surface area is 175 Å². The van der Waals surface area contributed by atoms with Crippen LogP contribution in [0, 0.1) is 11.3 Å². The van der Waals surface area contributed by atoms with Gasteiger partial charge in [0.15, 0.2) is 5.78 Å². The summed E-state index contributed by atoms with van der Waals surface area (Å²) in [5.41, 5.74) is 2.14. The normalized spacial score (nSPS) is 17.1. The average Bonchev–Trinajstić information content (AvgIpc) is 2.58. The average molecular weight is 418 g/mol. The number of hydrogen-bond donors (Lipinski definition) is 2. The molecule has 1 amide bonds. The number of nitrogens with one attached hydrogen (secondary N) is 2. The summed E-state index contributed by atoms with van der Waals surface area (Å²) < 4.78 is 0. The molecule has 1 heterocycles. The van der Waals surface area contributed by atoms with Gasteiger partial charge in [-0.3, -0.25) is 9.59 Å². The van der Waals surface area contributed by atoms with Crippen molar-refractivity contribution in [3.8, 4) is 6.07 Å². The van der Waals surface area contributed by atoms with Crippen LogP contribution in [-0.4, -0.2) is 23.0 Å². The fraction of sp³-hybridized carbons (Fsp3) is 0.381. The lowest BCUT2D eigenvalue weighted by Gasteiger charge is -2.29. The number of benzene rings is 1. The summed E-state index contributed by atoms with van der Waals surface area (Å²) in [6, 6.07) is 9.36. The molecule has 7 heteroatoms. The Morgan fingerprint density at radius 1 is 1.29 bits per heavy atom. The standard InChI is InChI=1S/C21H24ClN3O2S/c1-12-18(13(2)26)19(14-6-8-15(22)9-7-14)16(10-23)20(24-12)28-11-17(27)25-21(3,4)5/h6-9,19,24H,11H2,1-5H3,(H,25,27). The Morgan fingerprint density at radius 2 is 1.89 bits per heavy atom. The van der Waals surface area contributed by atoms with Crippen molar-refractivity contribution < 1.29 is 9.59 Å². The van der Waals surface area contributed by atoms with Gasteiger partial charge in [0.1, 0.15) is 0 Å². The van der Waals surface area contributed by atoms with Gasteiger partial charge in [0.2, 0.25) is 5.91 Å². The lowest BCUT2D eigenvalue weighted by atomic mass is 9.81. The number of Topliss-reactive ketones (excluding diaryl/α,β-unsaturated/α-hetero) is 1. The van der Waals surface area contributed by atoms with E-state index in [2.05, 4.69) is 16.7 Å². The highest BCUT2D eigenvalue weighted by molar-refractivity contribution is 8.03. The molecule has 0 spiro atoms. The van der Waals surface area contributed by atoms with Gasteiger partial charge in [-0.2, -0.15) is 5.26 Å². The fourth-order valence-electron chi connectivity index (χ4n) is 3.07. The van der Waals surface area contributed by atoms with Crippen molar-refractivity contribution in [2.45, 2.75) is 46.1 Å². The Morgan fingerprint density at radius 3 is 2.39 bits per heavy atom. The molecule has 5 nitrogen and oxygen atoms in total. The van der Waals surface area contributed by atoms with Gasteiger partial charge in [-0.25, -0.2) is 0 Å². The minimum atomic E-state index is -0.491. The number of carbonyl (C=O) groups excluding carboxylic acids is 2. The molecule has 1 aliphatic rings. The van der Waals surface area contributed by atoms with Crippen LogP contribution in [0.1, 0.15) is 46.1 Å². The van der Waals surface area contributed by atoms with Gasteiger partial charge in [-0.05, 0) is 52.3 Å². The zero-order valence-corrected chi connectivity index (χ0v) is 18.2. The van der Waals surface area contributed by atoms with E-state index in [-0.39, 0.29) is 23.0 Å². The SMILES string of the molecule is CC(=O)C1=C(C)NC(SCC(=O)NC(C)(C)C)=C(C#N)C1c1ccc(Cl)cc1. The lowest BCUT2D eigenvalue weighted by Crippen LogP contribution is -2.41. The van der Waals surface area contributed by atoms with E-state index in [0.717, 1.165) is 5.56 Å². The van der Waals surface area contributed by atoms with Gasteiger partial charge in [-0.1, -0.05) is 35.5 Å². The number of thioether (sulfide) groups is 1. The van der Waals surface area contributed by atoms with E-state index in [1.165, 1.54) is 18.7 Å². The van der Waals surface area contributed by atoms with Crippen LogP contribution in [0.15, 0.2) is 46.1 Å². The van der Waals surface area contributed by atoms with Crippen molar-refractivity contribution >= 4 is 35.1 Å². The van der Waals surface area contributed by atoms with Crippen molar-refractivity contribution in [2.75, 3.05) is 5.75 Å². The summed E-state index contributed by atoms with van der Waals surface area (Å²) in [5, 5.41) is 17.1. The van der Waals surface area contributed by atoms with Gasteiger partial charge < -0.3 is 10.6 Å². The Kier molecular flexibility index (Phi) is 6.97. The van der Waals surface area contributed by atoms with Crippen molar-refractivity contribution in [3.05, 3.63) is 56.7 Å². The van der Waals surface area contributed by atoms with Gasteiger partial charge in [0.05, 0.1) is 28.3 Å². The Balaban J connectivity index is 2.41. The molecule has 148 valence electrons. The van der Waals surface area contributed by atoms with Crippen LogP contribution in [0.3, 0.4) is 0 Å². The summed E-state index contributed by atoms with van der Waals surface area (Å²) in [7, 11) is 0. The van der Waals surface area contributed by atoms with Crippen molar-refractivity contribution in [3.63, 3.8) is 0 Å². The number of allylic oxidation sites excluding steroid dienone is 3. The summed E-state index contributed by atoms with van der Waals surface area (Å²) in [6.07, 6.45) is 0. The minimum Gasteiger partial charge on any atom is -0.353 e. The largest absolute Gasteiger partial charge is 0.353 e. The lowest BCUT2D eigenvalue weighted by molar-refractivity contribution is -0.120. The van der Waals surface area contributed by atoms with E-state index in [1.54, 1.807) is 12.1 Å². The van der Waals surface area contributed by atoms with Crippen molar-refractivity contribution in [1.82, 2.24) is 10.6 Å². The number of nitriles is 1. The number of amides is 1. The molecular weight excluding hydrogens is 394 g/mol. The van der Waals surface area contributed by atoms with Crippen LogP contribution in [-0.2, 0) is 9.59 Å². The van der Waals surface area contributed by atoms with E-state index in [1.807, 2.05) is 39.8 Å². The molecule has 0 aliphatic carbocycles. The molecular formula is C21H24ClN3O2S. The molecule has 1 aromatic carbocycles. The molecule has 28 heavy (non-hydrogen) atoms. The van der Waals surface area contributed by atoms with Crippen molar-refractivity contribution in [1.29, 1.82) is 5.26 Å². The Hall–Kier alpha value is -2.23. The quantitative estimate of drug-likeness (QED) is 0.747. The van der Waals surface area contributed by atoms with Gasteiger partial charge >= 0.3 is 0 Å². The maximum absolute atomic E-state index is 12.3. The molecule has 0 fully saturated rings. The van der Waals surface area contributed by atoms with Gasteiger partial charge in [-0.15, -0.1) is 0 Å². The maximum atomic E-state index is 12.3. The number of rotatable bonds is 5. The van der Waals surface area contributed by atoms with Crippen LogP contribution < -0.4 is 10.6 Å². The number of hydrogen-bond acceptors (Lipinski definition) is 5. The summed E-state index contributed by atoms with van der Waals surface area (Å²) in [4.78, 5) is 24.5. The van der Waals surface area contributed by atoms with Crippen LogP contribution in [0.2, 0.25) is 5.02 Å². The van der Waals surface area contributed by atoms with E-state index in [4.69, 9.17) is 11.6 Å². The monoisotopic (exact) mass is 417 g/mol. The molecule has 2 rings (SSSR count). The van der Waals surface area contributed by atoms with E-state index in [9.17, 15) is 14.9 Å². The third-order valence-electron chi connectivity index (χ3n) is 4.09. The maximum Gasteiger partial charge on any atom is 0.230 e. The number of ketones is 1. The predicted octanol–water partition coefficient (Wildman–Crippen LogP) is 4.27. The number of halogens is 1. The predicted molar refractivity (Wildman–Crippen MR) is 114 cm³/mol. The smallest absolute Gasteiger partial charge is 0.230 e. The highest BCUT2D eigenvalue weighted by Gasteiger charge is 2.33. The van der Waals surface area contributed by atoms with Gasteiger partial charge in [0.25, 0.3) is 0 Å². The third-order valence-corrected chi connectivity index (χ3v) is 5.36. The second kappa shape index (κ2) is 8.85. The zero-order valence-electron chi connectivity index (χ0n) is 16.6. The topological polar surface area (TPSA) is 82.0 Å². The van der Waals surface area contributed by atoms with E-state index >= 15 is 0 Å². The van der Waals surface area contributed by atoms with Crippen LogP contribution in [0.5, 0.6) is 0 Å². The van der Waals surface area contributed by atoms with E-state index in [0.29, 0.717) is 26.9 Å². The Bertz CT molecular complexity index is 890. The molecule has 0 bridgehead atoms. The molecule has 0 saturated heterocycles. The van der Waals surface area contributed by atoms with Crippen LogP contribution in [0.4, 0.5) is 0 Å². The second-order valence-corrected chi connectivity index (χ2v) is 9.07. The highest BCUT2D eigenvalue weighted by Crippen LogP contribution is 2.41. The molecule has 0 saturated carbocycles. The first-order chi connectivity index (χ1) is 13.0. The van der Waals surface area contributed by atoms with Crippen LogP contribution in [0.25, 0.3) is 0 Å². The zero-order chi connectivity index (χ0) is 21.1. The molecule has 0 aromatic heterocycles. The fourth-order valence-corrected chi connectivity index (χ4v) is 4.09. The summed E-state index contributed by atoms with van der Waals surface area (Å²) >= 11 is 7.26. The molecule has 1 unspecified atom stereocenters. The minimum absolute atomic E-state index is 0.104. The molecule has 1 atom stereocenters. The first-order valence-electron chi connectivity index (χ1n) is 8.85. The highest BCUT2D eigenvalue weighted by atomic mass is 35.5. The first-order valence-corrected chi connectivity index (χ1v) is 10.2. The van der Waals surface area contributed by atoms with Crippen molar-refractivity contribution in [2.24, 2.45) is 0 Å². The molecule has 0 radical (unpaired) electrons.